The fourth-order valence-electron chi connectivity index (χ4n) is 2.12. The molecule has 0 spiro atoms. The number of rotatable bonds is 4. The molecular formula is C13H19ClN4O2. The van der Waals surface area contributed by atoms with E-state index in [2.05, 4.69) is 15.3 Å². The summed E-state index contributed by atoms with van der Waals surface area (Å²) in [4.78, 5) is 22.5. The molecule has 20 heavy (non-hydrogen) atoms. The summed E-state index contributed by atoms with van der Waals surface area (Å²) in [5, 5.41) is 3.28. The minimum atomic E-state index is -0.374. The van der Waals surface area contributed by atoms with Crippen LogP contribution < -0.4 is 10.2 Å². The highest BCUT2D eigenvalue weighted by Gasteiger charge is 2.30. The molecule has 0 saturated carbocycles. The SMILES string of the molecule is CCCNC(=O)C1COCCN1c1cc(Cl)nc(C)n1. The third-order valence-corrected chi connectivity index (χ3v) is 3.26. The molecule has 0 radical (unpaired) electrons. The number of anilines is 1. The Balaban J connectivity index is 2.19. The number of amides is 1. The second-order valence-corrected chi connectivity index (χ2v) is 5.06. The number of aryl methyl sites for hydroxylation is 1. The summed E-state index contributed by atoms with van der Waals surface area (Å²) in [5.41, 5.74) is 0. The first-order valence-corrected chi connectivity index (χ1v) is 7.13. The number of aromatic nitrogens is 2. The molecule has 1 aromatic heterocycles. The molecule has 2 heterocycles. The molecule has 1 unspecified atom stereocenters. The summed E-state index contributed by atoms with van der Waals surface area (Å²) in [5.74, 6) is 1.22. The first kappa shape index (κ1) is 15.0. The monoisotopic (exact) mass is 298 g/mol. The van der Waals surface area contributed by atoms with Crippen molar-refractivity contribution in [2.75, 3.05) is 31.2 Å². The summed E-state index contributed by atoms with van der Waals surface area (Å²) < 4.78 is 5.42. The second-order valence-electron chi connectivity index (χ2n) is 4.67. The molecule has 0 bridgehead atoms. The number of nitrogens with one attached hydrogen (secondary N) is 1. The van der Waals surface area contributed by atoms with E-state index in [4.69, 9.17) is 16.3 Å². The van der Waals surface area contributed by atoms with Crippen molar-refractivity contribution in [1.82, 2.24) is 15.3 Å². The van der Waals surface area contributed by atoms with Gasteiger partial charge in [-0.3, -0.25) is 4.79 Å². The number of ether oxygens (including phenoxy) is 1. The lowest BCUT2D eigenvalue weighted by Crippen LogP contribution is -2.54. The van der Waals surface area contributed by atoms with Crippen molar-refractivity contribution in [2.45, 2.75) is 26.3 Å². The van der Waals surface area contributed by atoms with Crippen LogP contribution in [0.2, 0.25) is 5.15 Å². The Labute approximate surface area is 123 Å². The average Bonchev–Trinajstić information content (AvgIpc) is 2.43. The van der Waals surface area contributed by atoms with Crippen LogP contribution in [-0.4, -0.2) is 48.2 Å². The van der Waals surface area contributed by atoms with Crippen molar-refractivity contribution in [3.63, 3.8) is 0 Å². The number of halogens is 1. The maximum absolute atomic E-state index is 12.2. The molecule has 0 aliphatic carbocycles. The lowest BCUT2D eigenvalue weighted by molar-refractivity contribution is -0.124. The van der Waals surface area contributed by atoms with Crippen molar-refractivity contribution in [1.29, 1.82) is 0 Å². The van der Waals surface area contributed by atoms with E-state index in [1.54, 1.807) is 13.0 Å². The quantitative estimate of drug-likeness (QED) is 0.845. The van der Waals surface area contributed by atoms with E-state index in [-0.39, 0.29) is 11.9 Å². The summed E-state index contributed by atoms with van der Waals surface area (Å²) in [6, 6.07) is 1.31. The van der Waals surface area contributed by atoms with E-state index in [9.17, 15) is 4.79 Å². The van der Waals surface area contributed by atoms with Crippen LogP contribution in [0.25, 0.3) is 0 Å². The smallest absolute Gasteiger partial charge is 0.245 e. The van der Waals surface area contributed by atoms with Gasteiger partial charge in [-0.25, -0.2) is 9.97 Å². The molecule has 1 aliphatic rings. The maximum Gasteiger partial charge on any atom is 0.245 e. The van der Waals surface area contributed by atoms with Crippen LogP contribution in [0.5, 0.6) is 0 Å². The lowest BCUT2D eigenvalue weighted by atomic mass is 10.2. The van der Waals surface area contributed by atoms with Crippen LogP contribution in [0, 0.1) is 6.92 Å². The number of carbonyl (C=O) groups excluding carboxylic acids is 1. The number of morpholine rings is 1. The minimum Gasteiger partial charge on any atom is -0.377 e. The molecule has 110 valence electrons. The van der Waals surface area contributed by atoms with E-state index in [0.717, 1.165) is 6.42 Å². The molecule has 1 saturated heterocycles. The van der Waals surface area contributed by atoms with Crippen molar-refractivity contribution < 1.29 is 9.53 Å². The van der Waals surface area contributed by atoms with Crippen LogP contribution in [0.1, 0.15) is 19.2 Å². The topological polar surface area (TPSA) is 67.3 Å². The molecule has 0 aromatic carbocycles. The van der Waals surface area contributed by atoms with Crippen molar-refractivity contribution in [3.8, 4) is 0 Å². The Hall–Kier alpha value is -1.40. The first-order chi connectivity index (χ1) is 9.61. The van der Waals surface area contributed by atoms with Gasteiger partial charge in [0.15, 0.2) is 0 Å². The van der Waals surface area contributed by atoms with Crippen LogP contribution in [0.3, 0.4) is 0 Å². The highest BCUT2D eigenvalue weighted by atomic mass is 35.5. The second kappa shape index (κ2) is 6.85. The normalized spacial score (nSPS) is 18.9. The van der Waals surface area contributed by atoms with E-state index >= 15 is 0 Å². The van der Waals surface area contributed by atoms with Crippen molar-refractivity contribution in [3.05, 3.63) is 17.0 Å². The van der Waals surface area contributed by atoms with Gasteiger partial charge in [0, 0.05) is 19.2 Å². The largest absolute Gasteiger partial charge is 0.377 e. The van der Waals surface area contributed by atoms with Crippen molar-refractivity contribution in [2.24, 2.45) is 0 Å². The van der Waals surface area contributed by atoms with Gasteiger partial charge in [0.1, 0.15) is 22.8 Å². The van der Waals surface area contributed by atoms with Gasteiger partial charge >= 0.3 is 0 Å². The van der Waals surface area contributed by atoms with Gasteiger partial charge in [0.05, 0.1) is 13.2 Å². The van der Waals surface area contributed by atoms with Gasteiger partial charge in [-0.1, -0.05) is 18.5 Å². The third-order valence-electron chi connectivity index (χ3n) is 3.07. The molecule has 2 rings (SSSR count). The molecule has 7 heteroatoms. The zero-order valence-corrected chi connectivity index (χ0v) is 12.5. The molecule has 1 amide bonds. The van der Waals surface area contributed by atoms with Crippen molar-refractivity contribution >= 4 is 23.3 Å². The minimum absolute atomic E-state index is 0.0427. The van der Waals surface area contributed by atoms with Crippen LogP contribution in [0.4, 0.5) is 5.82 Å². The highest BCUT2D eigenvalue weighted by Crippen LogP contribution is 2.20. The summed E-state index contributed by atoms with van der Waals surface area (Å²) in [7, 11) is 0. The molecule has 1 atom stereocenters. The van der Waals surface area contributed by atoms with Gasteiger partial charge in [-0.15, -0.1) is 0 Å². The van der Waals surface area contributed by atoms with Gasteiger partial charge in [0.2, 0.25) is 5.91 Å². The average molecular weight is 299 g/mol. The van der Waals surface area contributed by atoms with E-state index in [0.29, 0.717) is 43.1 Å². The van der Waals surface area contributed by atoms with Crippen LogP contribution >= 0.6 is 11.6 Å². The molecular weight excluding hydrogens is 280 g/mol. The fourth-order valence-corrected chi connectivity index (χ4v) is 2.34. The number of nitrogens with zero attached hydrogens (tertiary/aromatic N) is 3. The maximum atomic E-state index is 12.2. The summed E-state index contributed by atoms with van der Waals surface area (Å²) >= 11 is 5.97. The van der Waals surface area contributed by atoms with E-state index < -0.39 is 0 Å². The standard InChI is InChI=1S/C13H19ClN4O2/c1-3-4-15-13(19)10-8-20-6-5-18(10)12-7-11(14)16-9(2)17-12/h7,10H,3-6,8H2,1-2H3,(H,15,19). The van der Waals surface area contributed by atoms with Crippen LogP contribution in [-0.2, 0) is 9.53 Å². The Kier molecular flexibility index (Phi) is 5.14. The first-order valence-electron chi connectivity index (χ1n) is 6.75. The van der Waals surface area contributed by atoms with Gasteiger partial charge in [-0.05, 0) is 13.3 Å². The van der Waals surface area contributed by atoms with E-state index in [1.165, 1.54) is 0 Å². The summed E-state index contributed by atoms with van der Waals surface area (Å²) in [6.07, 6.45) is 0.901. The van der Waals surface area contributed by atoms with Gasteiger partial charge < -0.3 is 15.0 Å². The Bertz CT molecular complexity index is 463. The predicted octanol–water partition coefficient (Wildman–Crippen LogP) is 1.17. The predicted molar refractivity (Wildman–Crippen MR) is 77.0 cm³/mol. The molecule has 1 aromatic rings. The molecule has 6 nitrogen and oxygen atoms in total. The van der Waals surface area contributed by atoms with Gasteiger partial charge in [-0.2, -0.15) is 0 Å². The summed E-state index contributed by atoms with van der Waals surface area (Å²) in [6.45, 7) is 5.99. The number of hydrogen-bond acceptors (Lipinski definition) is 5. The molecule has 1 fully saturated rings. The van der Waals surface area contributed by atoms with Crippen LogP contribution in [0.15, 0.2) is 6.07 Å². The Morgan fingerprint density at radius 3 is 3.10 bits per heavy atom. The molecule has 1 N–H and O–H groups in total. The highest BCUT2D eigenvalue weighted by molar-refractivity contribution is 6.29. The fraction of sp³-hybridized carbons (Fsp3) is 0.615. The third kappa shape index (κ3) is 3.58. The van der Waals surface area contributed by atoms with Gasteiger partial charge in [0.25, 0.3) is 0 Å². The Morgan fingerprint density at radius 2 is 2.40 bits per heavy atom. The number of carbonyl (C=O) groups is 1. The van der Waals surface area contributed by atoms with E-state index in [1.807, 2.05) is 11.8 Å². The Morgan fingerprint density at radius 1 is 1.60 bits per heavy atom. The zero-order chi connectivity index (χ0) is 14.5. The molecule has 1 aliphatic heterocycles. The zero-order valence-electron chi connectivity index (χ0n) is 11.7. The lowest BCUT2D eigenvalue weighted by Gasteiger charge is -2.35. The number of hydrogen-bond donors (Lipinski definition) is 1.